The molecule has 0 radical (unpaired) electrons. The van der Waals surface area contributed by atoms with Gasteiger partial charge in [-0.2, -0.15) is 0 Å². The predicted molar refractivity (Wildman–Crippen MR) is 154 cm³/mol. The van der Waals surface area contributed by atoms with Crippen molar-refractivity contribution in [3.05, 3.63) is 59.5 Å². The highest BCUT2D eigenvalue weighted by atomic mass is 32.2. The molecular weight excluding hydrogens is 535 g/mol. The molecule has 2 aromatic carbocycles. The van der Waals surface area contributed by atoms with Crippen molar-refractivity contribution < 1.29 is 22.6 Å². The molecule has 1 atom stereocenters. The number of anilines is 2. The highest BCUT2D eigenvalue weighted by Gasteiger charge is 2.22. The summed E-state index contributed by atoms with van der Waals surface area (Å²) >= 11 is -2.09. The van der Waals surface area contributed by atoms with Gasteiger partial charge in [0.1, 0.15) is 28.7 Å². The van der Waals surface area contributed by atoms with E-state index in [9.17, 15) is 4.21 Å². The van der Waals surface area contributed by atoms with Gasteiger partial charge in [-0.05, 0) is 54.7 Å². The molecular formula is C28H31FN6O4S. The Hall–Kier alpha value is -3.71. The van der Waals surface area contributed by atoms with Crippen LogP contribution in [0.15, 0.2) is 42.6 Å². The zero-order valence-corrected chi connectivity index (χ0v) is 23.1. The molecule has 1 saturated heterocycles. The van der Waals surface area contributed by atoms with E-state index >= 15 is 4.39 Å². The summed E-state index contributed by atoms with van der Waals surface area (Å²) in [6, 6.07) is 10.9. The molecule has 4 aromatic rings. The fraction of sp³-hybridized carbons (Fsp3) is 0.321. The van der Waals surface area contributed by atoms with Crippen LogP contribution < -0.4 is 20.1 Å². The van der Waals surface area contributed by atoms with E-state index in [0.29, 0.717) is 91.1 Å². The highest BCUT2D eigenvalue weighted by Crippen LogP contribution is 2.38. The minimum atomic E-state index is -2.09. The summed E-state index contributed by atoms with van der Waals surface area (Å²) in [5.41, 5.74) is 9.68. The van der Waals surface area contributed by atoms with Gasteiger partial charge in [0.25, 0.3) is 0 Å². The number of ether oxygens (including phenoxy) is 2. The Morgan fingerprint density at radius 1 is 1.20 bits per heavy atom. The second-order valence-corrected chi connectivity index (χ2v) is 10.3. The van der Waals surface area contributed by atoms with E-state index in [1.54, 1.807) is 37.6 Å². The summed E-state index contributed by atoms with van der Waals surface area (Å²) in [6.45, 7) is 4.60. The van der Waals surface area contributed by atoms with Gasteiger partial charge in [0.15, 0.2) is 5.82 Å². The first-order valence-corrected chi connectivity index (χ1v) is 14.0. The minimum absolute atomic E-state index is 0.294. The number of fused-ring (bicyclic) bond motifs is 1. The summed E-state index contributed by atoms with van der Waals surface area (Å²) in [5.74, 6) is 1.79. The summed E-state index contributed by atoms with van der Waals surface area (Å²) in [6.07, 6.45) is 2.57. The van der Waals surface area contributed by atoms with Crippen molar-refractivity contribution in [3.8, 4) is 28.3 Å². The van der Waals surface area contributed by atoms with Crippen molar-refractivity contribution in [2.24, 2.45) is 0 Å². The van der Waals surface area contributed by atoms with Crippen LogP contribution in [0.25, 0.3) is 33.4 Å². The zero-order valence-electron chi connectivity index (χ0n) is 22.3. The van der Waals surface area contributed by atoms with E-state index in [4.69, 9.17) is 29.7 Å². The van der Waals surface area contributed by atoms with Crippen LogP contribution in [0.3, 0.4) is 0 Å². The molecule has 5 rings (SSSR count). The lowest BCUT2D eigenvalue weighted by Gasteiger charge is -2.29. The van der Waals surface area contributed by atoms with Gasteiger partial charge in [-0.15, -0.1) is 0 Å². The quantitative estimate of drug-likeness (QED) is 0.204. The van der Waals surface area contributed by atoms with Crippen LogP contribution in [-0.2, 0) is 22.4 Å². The number of pyridine rings is 1. The molecule has 0 saturated carbocycles. The average molecular weight is 567 g/mol. The maximum Gasteiger partial charge on any atom is 0.231 e. The number of halogens is 1. The zero-order chi connectivity index (χ0) is 28.2. The van der Waals surface area contributed by atoms with E-state index in [1.807, 2.05) is 19.1 Å². The maximum atomic E-state index is 15.7. The van der Waals surface area contributed by atoms with Crippen LogP contribution >= 0.6 is 0 Å². The Morgan fingerprint density at radius 3 is 2.73 bits per heavy atom. The smallest absolute Gasteiger partial charge is 0.231 e. The molecule has 10 nitrogen and oxygen atoms in total. The van der Waals surface area contributed by atoms with E-state index in [-0.39, 0.29) is 5.82 Å². The molecule has 3 heterocycles. The van der Waals surface area contributed by atoms with Gasteiger partial charge in [0.2, 0.25) is 11.3 Å². The molecule has 0 bridgehead atoms. The number of rotatable bonds is 9. The number of nitrogens with two attached hydrogens (primary N) is 1. The molecule has 12 heteroatoms. The Labute approximate surface area is 234 Å². The van der Waals surface area contributed by atoms with Gasteiger partial charge in [-0.3, -0.25) is 4.55 Å². The third-order valence-corrected chi connectivity index (χ3v) is 7.34. The van der Waals surface area contributed by atoms with Crippen molar-refractivity contribution >= 4 is 33.8 Å². The predicted octanol–water partition coefficient (Wildman–Crippen LogP) is 3.89. The Kier molecular flexibility index (Phi) is 8.50. The summed E-state index contributed by atoms with van der Waals surface area (Å²) < 4.78 is 49.3. The standard InChI is InChI=1S/C28H31FN6O4S/c1-17-13-20(16-31-26(17)30)27-33-25-22(28(34-27)35-9-11-39-12-10-35)14-19(15-23(25)38-2)21-7-3-5-18(24(21)29)6-4-8-32-40(36)37/h3,5,7,13-16,32H,4,6,8-12H2,1-2H3,(H2,30,31)(H,36,37). The topological polar surface area (TPSA) is 136 Å². The SMILES string of the molecule is COc1cc(-c2cccc(CCCNS(=O)O)c2F)cc2c(N3CCOCC3)nc(-c3cnc(N)c(C)c3)nc12. The largest absolute Gasteiger partial charge is 0.494 e. The first kappa shape index (κ1) is 27.8. The van der Waals surface area contributed by atoms with Crippen molar-refractivity contribution in [1.29, 1.82) is 0 Å². The van der Waals surface area contributed by atoms with Crippen molar-refractivity contribution in [2.45, 2.75) is 19.8 Å². The molecule has 4 N–H and O–H groups in total. The molecule has 2 aromatic heterocycles. The number of methoxy groups -OCH3 is 1. The Morgan fingerprint density at radius 2 is 2.00 bits per heavy atom. The molecule has 1 aliphatic rings. The number of aromatic nitrogens is 3. The van der Waals surface area contributed by atoms with Crippen LogP contribution in [0.4, 0.5) is 16.0 Å². The van der Waals surface area contributed by atoms with Crippen LogP contribution in [0.2, 0.25) is 0 Å². The van der Waals surface area contributed by atoms with Crippen molar-refractivity contribution in [3.63, 3.8) is 0 Å². The van der Waals surface area contributed by atoms with Crippen LogP contribution in [0, 0.1) is 12.7 Å². The number of hydrogen-bond donors (Lipinski definition) is 3. The Balaban J connectivity index is 1.63. The molecule has 40 heavy (non-hydrogen) atoms. The summed E-state index contributed by atoms with van der Waals surface area (Å²) in [5, 5.41) is 0.736. The average Bonchev–Trinajstić information content (AvgIpc) is 2.96. The minimum Gasteiger partial charge on any atom is -0.494 e. The lowest BCUT2D eigenvalue weighted by atomic mass is 9.98. The number of benzene rings is 2. The van der Waals surface area contributed by atoms with E-state index in [2.05, 4.69) is 14.6 Å². The van der Waals surface area contributed by atoms with E-state index in [1.165, 1.54) is 0 Å². The monoisotopic (exact) mass is 566 g/mol. The first-order chi connectivity index (χ1) is 19.4. The lowest BCUT2D eigenvalue weighted by molar-refractivity contribution is 0.122. The fourth-order valence-corrected chi connectivity index (χ4v) is 5.10. The van der Waals surface area contributed by atoms with Gasteiger partial charge in [0, 0.05) is 42.3 Å². The van der Waals surface area contributed by atoms with Crippen LogP contribution in [0.5, 0.6) is 5.75 Å². The van der Waals surface area contributed by atoms with Crippen molar-refractivity contribution in [1.82, 2.24) is 19.7 Å². The number of nitrogens with zero attached hydrogens (tertiary/aromatic N) is 4. The highest BCUT2D eigenvalue weighted by molar-refractivity contribution is 7.77. The van der Waals surface area contributed by atoms with Gasteiger partial charge < -0.3 is 20.1 Å². The normalized spacial score (nSPS) is 14.4. The van der Waals surface area contributed by atoms with E-state index < -0.39 is 11.3 Å². The van der Waals surface area contributed by atoms with E-state index in [0.717, 1.165) is 16.5 Å². The molecule has 1 aliphatic heterocycles. The number of morpholine rings is 1. The second kappa shape index (κ2) is 12.2. The van der Waals surface area contributed by atoms with Gasteiger partial charge in [0.05, 0.1) is 20.3 Å². The van der Waals surface area contributed by atoms with Gasteiger partial charge in [-0.25, -0.2) is 28.3 Å². The first-order valence-electron chi connectivity index (χ1n) is 12.9. The lowest BCUT2D eigenvalue weighted by Crippen LogP contribution is -2.37. The van der Waals surface area contributed by atoms with Crippen LogP contribution in [0.1, 0.15) is 17.5 Å². The fourth-order valence-electron chi connectivity index (χ4n) is 4.78. The molecule has 1 fully saturated rings. The number of nitrogen functional groups attached to an aromatic ring is 1. The summed E-state index contributed by atoms with van der Waals surface area (Å²) in [7, 11) is 1.56. The van der Waals surface area contributed by atoms with Gasteiger partial charge >= 0.3 is 0 Å². The molecule has 0 amide bonds. The molecule has 1 unspecified atom stereocenters. The van der Waals surface area contributed by atoms with Gasteiger partial charge in [-0.1, -0.05) is 18.2 Å². The molecule has 210 valence electrons. The summed E-state index contributed by atoms with van der Waals surface area (Å²) in [4.78, 5) is 16.2. The number of hydrogen-bond acceptors (Lipinski definition) is 8. The third-order valence-electron chi connectivity index (χ3n) is 6.89. The molecule has 0 spiro atoms. The Bertz CT molecular complexity index is 1560. The number of aryl methyl sites for hydroxylation is 2. The molecule has 0 aliphatic carbocycles. The van der Waals surface area contributed by atoms with Crippen LogP contribution in [-0.4, -0.2) is 63.7 Å². The second-order valence-electron chi connectivity index (χ2n) is 9.50. The maximum absolute atomic E-state index is 15.7. The van der Waals surface area contributed by atoms with Crippen molar-refractivity contribution in [2.75, 3.05) is 50.6 Å². The third kappa shape index (κ3) is 5.89. The number of nitrogens with one attached hydrogen (secondary N) is 1.